The maximum atomic E-state index is 12.7. The third-order valence-corrected chi connectivity index (χ3v) is 4.47. The van der Waals surface area contributed by atoms with Gasteiger partial charge in [0.1, 0.15) is 0 Å². The van der Waals surface area contributed by atoms with E-state index in [4.69, 9.17) is 4.74 Å². The molecule has 1 atom stereocenters. The summed E-state index contributed by atoms with van der Waals surface area (Å²) in [4.78, 5) is 28.4. The standard InChI is InChI=1S/C20H24N2O3/c1-2-12-25-18-4-3-11-22(14-18)20(24)16-7-5-15(6-8-16)17-9-10-19(23)21-13-17/h5-10,13,18H,2-4,11-12,14H2,1H3,(H,21,23)/t18-/m0/s1. The van der Waals surface area contributed by atoms with Gasteiger partial charge in [-0.25, -0.2) is 0 Å². The molecule has 3 rings (SSSR count). The van der Waals surface area contributed by atoms with Crippen molar-refractivity contribution in [1.29, 1.82) is 0 Å². The largest absolute Gasteiger partial charge is 0.376 e. The number of piperidine rings is 1. The minimum atomic E-state index is -0.125. The Kier molecular flexibility index (Phi) is 5.66. The van der Waals surface area contributed by atoms with Crippen molar-refractivity contribution in [1.82, 2.24) is 9.88 Å². The number of aromatic nitrogens is 1. The number of ether oxygens (including phenoxy) is 1. The van der Waals surface area contributed by atoms with Gasteiger partial charge in [0.05, 0.1) is 6.10 Å². The van der Waals surface area contributed by atoms with E-state index in [1.807, 2.05) is 29.2 Å². The predicted molar refractivity (Wildman–Crippen MR) is 97.7 cm³/mol. The Labute approximate surface area is 147 Å². The van der Waals surface area contributed by atoms with E-state index in [-0.39, 0.29) is 17.6 Å². The first-order valence-electron chi connectivity index (χ1n) is 8.87. The lowest BCUT2D eigenvalue weighted by Gasteiger charge is -2.32. The third-order valence-electron chi connectivity index (χ3n) is 4.47. The van der Waals surface area contributed by atoms with Crippen LogP contribution >= 0.6 is 0 Å². The first-order valence-corrected chi connectivity index (χ1v) is 8.87. The SMILES string of the molecule is CCCO[C@H]1CCCN(C(=O)c2ccc(-c3ccc(=O)[nH]c3)cc2)C1. The van der Waals surface area contributed by atoms with Crippen molar-refractivity contribution in [3.05, 3.63) is 58.5 Å². The number of likely N-dealkylation sites (tertiary alicyclic amines) is 1. The highest BCUT2D eigenvalue weighted by atomic mass is 16.5. The smallest absolute Gasteiger partial charge is 0.253 e. The van der Waals surface area contributed by atoms with Crippen LogP contribution in [-0.2, 0) is 4.74 Å². The molecule has 2 aromatic rings. The molecular weight excluding hydrogens is 316 g/mol. The van der Waals surface area contributed by atoms with E-state index in [0.29, 0.717) is 12.1 Å². The van der Waals surface area contributed by atoms with Gasteiger partial charge in [-0.1, -0.05) is 19.1 Å². The molecule has 0 unspecified atom stereocenters. The summed E-state index contributed by atoms with van der Waals surface area (Å²) >= 11 is 0. The number of pyridine rings is 1. The maximum Gasteiger partial charge on any atom is 0.253 e. The van der Waals surface area contributed by atoms with Crippen LogP contribution in [0.1, 0.15) is 36.5 Å². The van der Waals surface area contributed by atoms with E-state index in [9.17, 15) is 9.59 Å². The highest BCUT2D eigenvalue weighted by Crippen LogP contribution is 2.20. The van der Waals surface area contributed by atoms with Crippen molar-refractivity contribution in [3.63, 3.8) is 0 Å². The van der Waals surface area contributed by atoms with E-state index in [0.717, 1.165) is 43.5 Å². The highest BCUT2D eigenvalue weighted by Gasteiger charge is 2.24. The Bertz CT molecular complexity index is 747. The number of carbonyl (C=O) groups excluding carboxylic acids is 1. The minimum absolute atomic E-state index is 0.0535. The summed E-state index contributed by atoms with van der Waals surface area (Å²) in [7, 11) is 0. The predicted octanol–water partition coefficient (Wildman–Crippen LogP) is 3.07. The topological polar surface area (TPSA) is 62.4 Å². The Hall–Kier alpha value is -2.40. The Morgan fingerprint density at radius 1 is 1.20 bits per heavy atom. The first-order chi connectivity index (χ1) is 12.2. The van der Waals surface area contributed by atoms with Crippen LogP contribution in [-0.4, -0.2) is 41.6 Å². The molecule has 1 aliphatic rings. The summed E-state index contributed by atoms with van der Waals surface area (Å²) < 4.78 is 5.81. The molecule has 2 heterocycles. The van der Waals surface area contributed by atoms with E-state index in [1.165, 1.54) is 6.07 Å². The van der Waals surface area contributed by atoms with Crippen molar-refractivity contribution >= 4 is 5.91 Å². The zero-order chi connectivity index (χ0) is 17.6. The molecule has 0 saturated carbocycles. The van der Waals surface area contributed by atoms with Gasteiger partial charge in [0.2, 0.25) is 5.56 Å². The van der Waals surface area contributed by atoms with E-state index < -0.39 is 0 Å². The normalized spacial score (nSPS) is 17.5. The molecule has 132 valence electrons. The van der Waals surface area contributed by atoms with Crippen LogP contribution in [0.25, 0.3) is 11.1 Å². The number of hydrogen-bond donors (Lipinski definition) is 1. The van der Waals surface area contributed by atoms with Crippen LogP contribution in [0, 0.1) is 0 Å². The van der Waals surface area contributed by atoms with Crippen molar-refractivity contribution in [2.24, 2.45) is 0 Å². The van der Waals surface area contributed by atoms with Gasteiger partial charge in [-0.15, -0.1) is 0 Å². The van der Waals surface area contributed by atoms with Crippen molar-refractivity contribution in [3.8, 4) is 11.1 Å². The molecule has 1 aliphatic heterocycles. The van der Waals surface area contributed by atoms with Gasteiger partial charge in [0.15, 0.2) is 0 Å². The molecule has 1 saturated heterocycles. The quantitative estimate of drug-likeness (QED) is 0.910. The Balaban J connectivity index is 1.68. The third kappa shape index (κ3) is 4.37. The van der Waals surface area contributed by atoms with Crippen LogP contribution in [0.4, 0.5) is 0 Å². The van der Waals surface area contributed by atoms with E-state index >= 15 is 0 Å². The molecule has 1 N–H and O–H groups in total. The van der Waals surface area contributed by atoms with Crippen LogP contribution in [0.15, 0.2) is 47.4 Å². The molecule has 25 heavy (non-hydrogen) atoms. The summed E-state index contributed by atoms with van der Waals surface area (Å²) in [5, 5.41) is 0. The molecule has 0 aliphatic carbocycles. The van der Waals surface area contributed by atoms with Crippen LogP contribution in [0.3, 0.4) is 0 Å². The summed E-state index contributed by atoms with van der Waals surface area (Å²) in [6.07, 6.45) is 4.83. The minimum Gasteiger partial charge on any atom is -0.376 e. The van der Waals surface area contributed by atoms with Crippen LogP contribution in [0.5, 0.6) is 0 Å². The summed E-state index contributed by atoms with van der Waals surface area (Å²) in [6.45, 7) is 4.29. The molecule has 1 aromatic carbocycles. The van der Waals surface area contributed by atoms with Gasteiger partial charge in [0.25, 0.3) is 5.91 Å². The number of carbonyl (C=O) groups is 1. The number of rotatable bonds is 5. The molecule has 5 heteroatoms. The number of amides is 1. The number of aromatic amines is 1. The number of benzene rings is 1. The average Bonchev–Trinajstić information content (AvgIpc) is 2.67. The monoisotopic (exact) mass is 340 g/mol. The van der Waals surface area contributed by atoms with Gasteiger partial charge in [0, 0.05) is 37.5 Å². The zero-order valence-corrected chi connectivity index (χ0v) is 14.5. The Morgan fingerprint density at radius 3 is 2.64 bits per heavy atom. The van der Waals surface area contributed by atoms with Crippen molar-refractivity contribution < 1.29 is 9.53 Å². The molecule has 1 fully saturated rings. The average molecular weight is 340 g/mol. The fraction of sp³-hybridized carbons (Fsp3) is 0.400. The van der Waals surface area contributed by atoms with Gasteiger partial charge >= 0.3 is 0 Å². The lowest BCUT2D eigenvalue weighted by atomic mass is 10.0. The molecule has 0 spiro atoms. The number of hydrogen-bond acceptors (Lipinski definition) is 3. The maximum absolute atomic E-state index is 12.7. The molecule has 0 radical (unpaired) electrons. The summed E-state index contributed by atoms with van der Waals surface area (Å²) in [6, 6.07) is 10.8. The van der Waals surface area contributed by atoms with E-state index in [1.54, 1.807) is 12.3 Å². The number of nitrogens with one attached hydrogen (secondary N) is 1. The Morgan fingerprint density at radius 2 is 1.96 bits per heavy atom. The summed E-state index contributed by atoms with van der Waals surface area (Å²) in [5.41, 5.74) is 2.45. The van der Waals surface area contributed by atoms with Crippen molar-refractivity contribution in [2.45, 2.75) is 32.3 Å². The molecule has 5 nitrogen and oxygen atoms in total. The molecular formula is C20H24N2O3. The van der Waals surface area contributed by atoms with Gasteiger partial charge < -0.3 is 14.6 Å². The fourth-order valence-corrected chi connectivity index (χ4v) is 3.12. The number of nitrogens with zero attached hydrogens (tertiary/aromatic N) is 1. The lowest BCUT2D eigenvalue weighted by molar-refractivity contribution is 0.00211. The first kappa shape index (κ1) is 17.4. The fourth-order valence-electron chi connectivity index (χ4n) is 3.12. The molecule has 0 bridgehead atoms. The second-order valence-corrected chi connectivity index (χ2v) is 6.41. The van der Waals surface area contributed by atoms with Crippen LogP contribution in [0.2, 0.25) is 0 Å². The lowest BCUT2D eigenvalue weighted by Crippen LogP contribution is -2.43. The van der Waals surface area contributed by atoms with E-state index in [2.05, 4.69) is 11.9 Å². The second kappa shape index (κ2) is 8.12. The van der Waals surface area contributed by atoms with Gasteiger partial charge in [-0.2, -0.15) is 0 Å². The molecule has 1 aromatic heterocycles. The van der Waals surface area contributed by atoms with Gasteiger partial charge in [-0.05, 0) is 48.6 Å². The van der Waals surface area contributed by atoms with Crippen molar-refractivity contribution in [2.75, 3.05) is 19.7 Å². The van der Waals surface area contributed by atoms with Crippen LogP contribution < -0.4 is 5.56 Å². The highest BCUT2D eigenvalue weighted by molar-refractivity contribution is 5.94. The second-order valence-electron chi connectivity index (χ2n) is 6.41. The number of H-pyrrole nitrogens is 1. The van der Waals surface area contributed by atoms with Gasteiger partial charge in [-0.3, -0.25) is 9.59 Å². The summed E-state index contributed by atoms with van der Waals surface area (Å²) in [5.74, 6) is 0.0535. The molecule has 1 amide bonds. The zero-order valence-electron chi connectivity index (χ0n) is 14.5.